The average molecular weight is 359 g/mol. The molecule has 1 aliphatic rings. The topological polar surface area (TPSA) is 67.6 Å². The third-order valence-corrected chi connectivity index (χ3v) is 4.62. The van der Waals surface area contributed by atoms with Crippen LogP contribution in [0.15, 0.2) is 42.6 Å². The minimum atomic E-state index is -0.250. The van der Waals surface area contributed by atoms with E-state index < -0.39 is 0 Å². The number of ether oxygens (including phenoxy) is 1. The summed E-state index contributed by atoms with van der Waals surface area (Å²) in [4.78, 5) is 10.9. The lowest BCUT2D eigenvalue weighted by molar-refractivity contribution is -0.131. The summed E-state index contributed by atoms with van der Waals surface area (Å²) in [6, 6.07) is 12.7. The molecule has 2 aromatic rings. The van der Waals surface area contributed by atoms with Crippen molar-refractivity contribution in [1.29, 1.82) is 0 Å². The fourth-order valence-corrected chi connectivity index (χ4v) is 3.07. The van der Waals surface area contributed by atoms with Gasteiger partial charge in [0.2, 0.25) is 0 Å². The molecule has 0 spiro atoms. The summed E-state index contributed by atoms with van der Waals surface area (Å²) in [5.41, 5.74) is 2.63. The van der Waals surface area contributed by atoms with Gasteiger partial charge < -0.3 is 9.84 Å². The highest BCUT2D eigenvalue weighted by Gasteiger charge is 2.35. The van der Waals surface area contributed by atoms with Gasteiger partial charge in [-0.1, -0.05) is 51.1 Å². The quantitative estimate of drug-likeness (QED) is 0.853. The Morgan fingerprint density at radius 1 is 1.23 bits per heavy atom. The summed E-state index contributed by atoms with van der Waals surface area (Å²) in [6.45, 7) is 9.31. The van der Waals surface area contributed by atoms with E-state index in [0.717, 1.165) is 19.6 Å². The van der Waals surface area contributed by atoms with Crippen molar-refractivity contribution in [2.24, 2.45) is 12.5 Å². The van der Waals surface area contributed by atoms with Crippen LogP contribution in [0.5, 0.6) is 0 Å². The second-order valence-corrected chi connectivity index (χ2v) is 7.64. The van der Waals surface area contributed by atoms with Gasteiger partial charge >= 0.3 is 0 Å². The van der Waals surface area contributed by atoms with Crippen LogP contribution >= 0.6 is 0 Å². The standard InChI is InChI=1S/C19H27N3O.CH2O2/c1-19(2,3)18-14-22(12-16-10-11-20-21(16)4)13-17(23-18)15-8-6-5-7-9-15;2-1-3/h5-11,17-18H,12-14H2,1-4H3;1H,(H,2,3)/t17-,18+;/m0./s1. The van der Waals surface area contributed by atoms with E-state index in [1.165, 1.54) is 11.3 Å². The summed E-state index contributed by atoms with van der Waals surface area (Å²) >= 11 is 0. The number of nitrogens with zero attached hydrogens (tertiary/aromatic N) is 3. The van der Waals surface area contributed by atoms with Gasteiger partial charge in [-0.2, -0.15) is 5.10 Å². The van der Waals surface area contributed by atoms with Crippen molar-refractivity contribution in [2.75, 3.05) is 13.1 Å². The van der Waals surface area contributed by atoms with Crippen LogP contribution in [0.1, 0.15) is 38.1 Å². The lowest BCUT2D eigenvalue weighted by Crippen LogP contribution is -2.48. The van der Waals surface area contributed by atoms with Crippen LogP contribution in [-0.4, -0.2) is 45.5 Å². The zero-order chi connectivity index (χ0) is 19.2. The van der Waals surface area contributed by atoms with E-state index in [9.17, 15) is 0 Å². The lowest BCUT2D eigenvalue weighted by Gasteiger charge is -2.43. The first-order valence-corrected chi connectivity index (χ1v) is 8.82. The molecule has 6 heteroatoms. The van der Waals surface area contributed by atoms with Crippen molar-refractivity contribution in [3.8, 4) is 0 Å². The molecular weight excluding hydrogens is 330 g/mol. The van der Waals surface area contributed by atoms with Crippen LogP contribution in [0.4, 0.5) is 0 Å². The fourth-order valence-electron chi connectivity index (χ4n) is 3.07. The van der Waals surface area contributed by atoms with E-state index in [2.05, 4.69) is 67.2 Å². The number of aryl methyl sites for hydroxylation is 1. The van der Waals surface area contributed by atoms with Gasteiger partial charge in [-0.15, -0.1) is 0 Å². The normalized spacial score (nSPS) is 20.9. The van der Waals surface area contributed by atoms with Gasteiger partial charge in [0.05, 0.1) is 17.9 Å². The molecule has 0 saturated carbocycles. The first kappa shape index (κ1) is 20.1. The average Bonchev–Trinajstić information content (AvgIpc) is 3.00. The van der Waals surface area contributed by atoms with Crippen molar-refractivity contribution in [1.82, 2.24) is 14.7 Å². The zero-order valence-electron chi connectivity index (χ0n) is 16.0. The van der Waals surface area contributed by atoms with Gasteiger partial charge in [-0.05, 0) is 17.0 Å². The van der Waals surface area contributed by atoms with Gasteiger partial charge in [0.15, 0.2) is 0 Å². The summed E-state index contributed by atoms with van der Waals surface area (Å²) in [5.74, 6) is 0. The minimum Gasteiger partial charge on any atom is -0.483 e. The van der Waals surface area contributed by atoms with E-state index in [1.807, 2.05) is 17.9 Å². The maximum absolute atomic E-state index is 8.36. The molecule has 0 unspecified atom stereocenters. The molecule has 1 fully saturated rings. The van der Waals surface area contributed by atoms with E-state index >= 15 is 0 Å². The molecule has 0 amide bonds. The molecule has 3 rings (SSSR count). The molecule has 0 radical (unpaired) electrons. The number of benzene rings is 1. The Morgan fingerprint density at radius 3 is 2.42 bits per heavy atom. The Morgan fingerprint density at radius 2 is 1.88 bits per heavy atom. The Labute approximate surface area is 155 Å². The molecular formula is C20H29N3O3. The van der Waals surface area contributed by atoms with Gasteiger partial charge in [0.25, 0.3) is 6.47 Å². The third-order valence-electron chi connectivity index (χ3n) is 4.62. The number of hydrogen-bond acceptors (Lipinski definition) is 4. The monoisotopic (exact) mass is 359 g/mol. The Balaban J connectivity index is 0.000000758. The smallest absolute Gasteiger partial charge is 0.290 e. The predicted octanol–water partition coefficient (Wildman–Crippen LogP) is 3.11. The Bertz CT molecular complexity index is 679. The minimum absolute atomic E-state index is 0.123. The predicted molar refractivity (Wildman–Crippen MR) is 101 cm³/mol. The molecule has 6 nitrogen and oxygen atoms in total. The summed E-state index contributed by atoms with van der Waals surface area (Å²) < 4.78 is 8.41. The van der Waals surface area contributed by atoms with Crippen molar-refractivity contribution in [2.45, 2.75) is 39.5 Å². The van der Waals surface area contributed by atoms with Crippen molar-refractivity contribution in [3.63, 3.8) is 0 Å². The van der Waals surface area contributed by atoms with Crippen molar-refractivity contribution in [3.05, 3.63) is 53.9 Å². The largest absolute Gasteiger partial charge is 0.483 e. The van der Waals surface area contributed by atoms with Crippen LogP contribution in [0.25, 0.3) is 0 Å². The second-order valence-electron chi connectivity index (χ2n) is 7.64. The summed E-state index contributed by atoms with van der Waals surface area (Å²) in [6.07, 6.45) is 2.21. The summed E-state index contributed by atoms with van der Waals surface area (Å²) in [7, 11) is 2.01. The maximum atomic E-state index is 8.36. The number of aromatic nitrogens is 2. The van der Waals surface area contributed by atoms with Gasteiger partial charge in [-0.3, -0.25) is 14.4 Å². The van der Waals surface area contributed by atoms with Gasteiger partial charge in [0, 0.05) is 32.9 Å². The first-order chi connectivity index (χ1) is 12.3. The number of morpholine rings is 1. The highest BCUT2D eigenvalue weighted by Crippen LogP contribution is 2.33. The van der Waals surface area contributed by atoms with E-state index in [0.29, 0.717) is 0 Å². The van der Waals surface area contributed by atoms with Crippen LogP contribution in [0, 0.1) is 5.41 Å². The molecule has 1 aliphatic heterocycles. The number of carbonyl (C=O) groups is 1. The number of rotatable bonds is 3. The molecule has 1 aromatic heterocycles. The van der Waals surface area contributed by atoms with E-state index in [-0.39, 0.29) is 24.1 Å². The molecule has 26 heavy (non-hydrogen) atoms. The van der Waals surface area contributed by atoms with Gasteiger partial charge in [0.1, 0.15) is 0 Å². The molecule has 1 aromatic carbocycles. The maximum Gasteiger partial charge on any atom is 0.290 e. The van der Waals surface area contributed by atoms with Crippen molar-refractivity contribution >= 4 is 6.47 Å². The molecule has 1 saturated heterocycles. The Kier molecular flexibility index (Phi) is 6.94. The highest BCUT2D eigenvalue weighted by molar-refractivity contribution is 5.32. The zero-order valence-corrected chi connectivity index (χ0v) is 16.0. The van der Waals surface area contributed by atoms with Crippen molar-refractivity contribution < 1.29 is 14.6 Å². The third kappa shape index (κ3) is 5.41. The molecule has 0 aliphatic carbocycles. The Hall–Kier alpha value is -2.18. The van der Waals surface area contributed by atoms with Gasteiger partial charge in [-0.25, -0.2) is 0 Å². The van der Waals surface area contributed by atoms with Crippen LogP contribution in [0.3, 0.4) is 0 Å². The second kappa shape index (κ2) is 8.96. The molecule has 0 bridgehead atoms. The fraction of sp³-hybridized carbons (Fsp3) is 0.500. The van der Waals surface area contributed by atoms with Crippen LogP contribution < -0.4 is 0 Å². The number of hydrogen-bond donors (Lipinski definition) is 1. The molecule has 2 atom stereocenters. The van der Waals surface area contributed by atoms with E-state index in [4.69, 9.17) is 14.6 Å². The molecule has 2 heterocycles. The first-order valence-electron chi connectivity index (χ1n) is 8.82. The van der Waals surface area contributed by atoms with E-state index in [1.54, 1.807) is 0 Å². The van der Waals surface area contributed by atoms with Crippen LogP contribution in [0.2, 0.25) is 0 Å². The highest BCUT2D eigenvalue weighted by atomic mass is 16.5. The SMILES string of the molecule is Cn1nccc1CN1C[C@@H](c2ccccc2)O[C@@H](C(C)(C)C)C1.O=CO. The van der Waals surface area contributed by atoms with Crippen LogP contribution in [-0.2, 0) is 23.1 Å². The molecule has 142 valence electrons. The molecule has 1 N–H and O–H groups in total. The summed E-state index contributed by atoms with van der Waals surface area (Å²) in [5, 5.41) is 11.2. The lowest BCUT2D eigenvalue weighted by atomic mass is 9.87. The number of carboxylic acid groups (broad SMARTS) is 1.